The summed E-state index contributed by atoms with van der Waals surface area (Å²) >= 11 is 0. The maximum absolute atomic E-state index is 13.0. The number of sulfonamides is 1. The summed E-state index contributed by atoms with van der Waals surface area (Å²) in [6.07, 6.45) is 1.61. The van der Waals surface area contributed by atoms with Crippen molar-refractivity contribution in [1.82, 2.24) is 4.31 Å². The molecule has 0 aromatic heterocycles. The van der Waals surface area contributed by atoms with E-state index in [9.17, 15) is 13.2 Å². The third-order valence-electron chi connectivity index (χ3n) is 6.53. The first kappa shape index (κ1) is 31.5. The van der Waals surface area contributed by atoms with Gasteiger partial charge in [-0.15, -0.1) is 0 Å². The zero-order valence-corrected chi connectivity index (χ0v) is 25.3. The van der Waals surface area contributed by atoms with Gasteiger partial charge in [0.1, 0.15) is 11.5 Å². The van der Waals surface area contributed by atoms with Crippen molar-refractivity contribution in [3.05, 3.63) is 84.6 Å². The second-order valence-electron chi connectivity index (χ2n) is 9.42. The molecule has 228 valence electrons. The molecule has 0 saturated carbocycles. The molecule has 5 rings (SSSR count). The summed E-state index contributed by atoms with van der Waals surface area (Å²) in [5, 5.41) is 8.75. The molecule has 3 aromatic carbocycles. The Kier molecular flexibility index (Phi) is 10.8. The number of amides is 1. The van der Waals surface area contributed by atoms with E-state index in [4.69, 9.17) is 19.9 Å². The molecule has 3 N–H and O–H groups in total. The summed E-state index contributed by atoms with van der Waals surface area (Å²) in [5.74, 6) is 1.15. The van der Waals surface area contributed by atoms with Gasteiger partial charge in [-0.2, -0.15) is 14.4 Å². The summed E-state index contributed by atoms with van der Waals surface area (Å²) in [5.41, 5.74) is 8.46. The molecule has 12 heteroatoms. The number of morpholine rings is 1. The number of hydrogen-bond acceptors (Lipinski definition) is 9. The Morgan fingerprint density at radius 2 is 1.53 bits per heavy atom. The summed E-state index contributed by atoms with van der Waals surface area (Å²) in [6.45, 7) is 8.19. The van der Waals surface area contributed by atoms with E-state index in [2.05, 4.69) is 10.4 Å². The van der Waals surface area contributed by atoms with Crippen LogP contribution in [0, 0.1) is 0 Å². The lowest BCUT2D eigenvalue weighted by molar-refractivity contribution is -0.114. The molecule has 0 aliphatic carbocycles. The molecule has 3 aromatic rings. The van der Waals surface area contributed by atoms with Crippen molar-refractivity contribution in [2.75, 3.05) is 55.6 Å². The van der Waals surface area contributed by atoms with Gasteiger partial charge in [0.25, 0.3) is 5.91 Å². The van der Waals surface area contributed by atoms with Crippen LogP contribution in [0.4, 0.5) is 17.1 Å². The molecule has 0 unspecified atom stereocenters. The van der Waals surface area contributed by atoms with Crippen LogP contribution < -0.4 is 25.5 Å². The van der Waals surface area contributed by atoms with Crippen molar-refractivity contribution in [3.8, 4) is 11.5 Å². The highest BCUT2D eigenvalue weighted by molar-refractivity contribution is 7.89. The van der Waals surface area contributed by atoms with E-state index in [0.717, 1.165) is 11.4 Å². The van der Waals surface area contributed by atoms with Crippen LogP contribution >= 0.6 is 0 Å². The number of nitrogen functional groups attached to an aromatic ring is 1. The largest absolute Gasteiger partial charge is 0.492 e. The number of rotatable bonds is 9. The molecule has 0 atom stereocenters. The molecule has 0 radical (unpaired) electrons. The molecule has 1 amide bonds. The number of nitrogens with one attached hydrogen (secondary N) is 1. The van der Waals surface area contributed by atoms with Gasteiger partial charge in [0.2, 0.25) is 10.0 Å². The molecule has 2 heterocycles. The van der Waals surface area contributed by atoms with E-state index in [1.54, 1.807) is 25.3 Å². The first-order chi connectivity index (χ1) is 20.8. The van der Waals surface area contributed by atoms with Crippen LogP contribution in [0.25, 0.3) is 0 Å². The van der Waals surface area contributed by atoms with Gasteiger partial charge < -0.3 is 25.3 Å². The minimum atomic E-state index is -3.60. The maximum atomic E-state index is 13.0. The molecule has 0 bridgehead atoms. The van der Waals surface area contributed by atoms with Crippen LogP contribution in [0.1, 0.15) is 20.8 Å². The summed E-state index contributed by atoms with van der Waals surface area (Å²) in [6, 6.07) is 21.1. The van der Waals surface area contributed by atoms with Gasteiger partial charge in [-0.3, -0.25) is 4.79 Å². The van der Waals surface area contributed by atoms with E-state index in [-0.39, 0.29) is 10.8 Å². The Hall–Kier alpha value is -4.39. The minimum Gasteiger partial charge on any atom is -0.492 e. The van der Waals surface area contributed by atoms with Gasteiger partial charge in [-0.1, -0.05) is 24.3 Å². The molecule has 2 aliphatic heterocycles. The highest BCUT2D eigenvalue weighted by Crippen LogP contribution is 2.28. The molecule has 11 nitrogen and oxygen atoms in total. The van der Waals surface area contributed by atoms with Crippen molar-refractivity contribution in [3.63, 3.8) is 0 Å². The SMILES string of the molecule is CCOc1ccccc1N.CCOc1ccccc1NC=C1C(=O)N(c2ccc(S(=O)(=O)N3CCOCC3)cc2)N=C1C. The third kappa shape index (κ3) is 7.72. The van der Waals surface area contributed by atoms with Crippen molar-refractivity contribution in [1.29, 1.82) is 0 Å². The fourth-order valence-electron chi connectivity index (χ4n) is 4.34. The highest BCUT2D eigenvalue weighted by Gasteiger charge is 2.30. The molecule has 1 saturated heterocycles. The van der Waals surface area contributed by atoms with Gasteiger partial charge in [0.05, 0.1) is 59.7 Å². The van der Waals surface area contributed by atoms with Crippen LogP contribution in [0.15, 0.2) is 94.6 Å². The third-order valence-corrected chi connectivity index (χ3v) is 8.44. The minimum absolute atomic E-state index is 0.172. The lowest BCUT2D eigenvalue weighted by atomic mass is 10.2. The standard InChI is InChI=1S/C23H26N4O5S.C8H11NO/c1-3-32-22-7-5-4-6-21(22)24-16-20-17(2)25-27(23(20)28)18-8-10-19(11-9-18)33(29,30)26-12-14-31-15-13-26;1-2-10-8-6-4-3-5-7(8)9/h4-11,16,24H,3,12-15H2,1-2H3;3-6H,2,9H2,1H3. The smallest absolute Gasteiger partial charge is 0.282 e. The summed E-state index contributed by atoms with van der Waals surface area (Å²) < 4.78 is 43.1. The number of benzene rings is 3. The predicted molar refractivity (Wildman–Crippen MR) is 168 cm³/mol. The zero-order valence-electron chi connectivity index (χ0n) is 24.5. The second kappa shape index (κ2) is 14.7. The Balaban J connectivity index is 0.000000359. The zero-order chi connectivity index (χ0) is 30.8. The van der Waals surface area contributed by atoms with Gasteiger partial charge >= 0.3 is 0 Å². The van der Waals surface area contributed by atoms with Crippen molar-refractivity contribution < 1.29 is 27.4 Å². The first-order valence-electron chi connectivity index (χ1n) is 14.0. The summed E-state index contributed by atoms with van der Waals surface area (Å²) in [4.78, 5) is 13.2. The van der Waals surface area contributed by atoms with E-state index in [1.807, 2.05) is 62.4 Å². The van der Waals surface area contributed by atoms with Crippen LogP contribution in [-0.2, 0) is 19.6 Å². The lowest BCUT2D eigenvalue weighted by Gasteiger charge is -2.26. The lowest BCUT2D eigenvalue weighted by Crippen LogP contribution is -2.40. The molecule has 2 aliphatic rings. The average molecular weight is 608 g/mol. The number of anilines is 3. The molecular formula is C31H37N5O6S. The normalized spacial score (nSPS) is 16.3. The van der Waals surface area contributed by atoms with Gasteiger partial charge in [0.15, 0.2) is 0 Å². The van der Waals surface area contributed by atoms with Crippen molar-refractivity contribution >= 4 is 38.7 Å². The highest BCUT2D eigenvalue weighted by atomic mass is 32.2. The molecular weight excluding hydrogens is 570 g/mol. The quantitative estimate of drug-likeness (QED) is 0.268. The van der Waals surface area contributed by atoms with Gasteiger partial charge in [0, 0.05) is 19.3 Å². The van der Waals surface area contributed by atoms with E-state index in [1.165, 1.54) is 21.4 Å². The topological polar surface area (TPSA) is 136 Å². The number of carbonyl (C=O) groups excluding carboxylic acids is 1. The van der Waals surface area contributed by atoms with Crippen molar-refractivity contribution in [2.24, 2.45) is 5.10 Å². The Morgan fingerprint density at radius 1 is 0.930 bits per heavy atom. The van der Waals surface area contributed by atoms with Crippen molar-refractivity contribution in [2.45, 2.75) is 25.7 Å². The fourth-order valence-corrected chi connectivity index (χ4v) is 5.75. The van der Waals surface area contributed by atoms with E-state index >= 15 is 0 Å². The monoisotopic (exact) mass is 607 g/mol. The van der Waals surface area contributed by atoms with E-state index in [0.29, 0.717) is 67.9 Å². The number of para-hydroxylation sites is 4. The van der Waals surface area contributed by atoms with Gasteiger partial charge in [-0.05, 0) is 69.3 Å². The first-order valence-corrected chi connectivity index (χ1v) is 15.4. The van der Waals surface area contributed by atoms with Gasteiger partial charge in [-0.25, -0.2) is 8.42 Å². The Labute approximate surface area is 252 Å². The van der Waals surface area contributed by atoms with Crippen LogP contribution in [-0.4, -0.2) is 63.9 Å². The van der Waals surface area contributed by atoms with Crippen LogP contribution in [0.3, 0.4) is 0 Å². The molecule has 43 heavy (non-hydrogen) atoms. The fraction of sp³-hybridized carbons (Fsp3) is 0.290. The van der Waals surface area contributed by atoms with Crippen LogP contribution in [0.2, 0.25) is 0 Å². The second-order valence-corrected chi connectivity index (χ2v) is 11.4. The number of hydrogen-bond donors (Lipinski definition) is 2. The Morgan fingerprint density at radius 3 is 2.19 bits per heavy atom. The Bertz CT molecular complexity index is 1570. The number of ether oxygens (including phenoxy) is 3. The maximum Gasteiger partial charge on any atom is 0.282 e. The summed E-state index contributed by atoms with van der Waals surface area (Å²) in [7, 11) is -3.60. The number of hydrazone groups is 1. The molecule has 0 spiro atoms. The number of nitrogens with two attached hydrogens (primary N) is 1. The van der Waals surface area contributed by atoms with Crippen LogP contribution in [0.5, 0.6) is 11.5 Å². The molecule has 1 fully saturated rings. The predicted octanol–water partition coefficient (Wildman–Crippen LogP) is 4.49. The van der Waals surface area contributed by atoms with E-state index < -0.39 is 10.0 Å². The number of nitrogens with zero attached hydrogens (tertiary/aromatic N) is 3. The average Bonchev–Trinajstić information content (AvgIpc) is 3.31. The number of carbonyl (C=O) groups is 1.